The van der Waals surface area contributed by atoms with Crippen molar-refractivity contribution in [3.63, 3.8) is 0 Å². The fraction of sp³-hybridized carbons (Fsp3) is 0. The van der Waals surface area contributed by atoms with Crippen LogP contribution in [0.3, 0.4) is 0 Å². The third-order valence-corrected chi connectivity index (χ3v) is 1.72. The Bertz CT molecular complexity index is 567. The maximum atomic E-state index is 11.2. The van der Waals surface area contributed by atoms with Crippen molar-refractivity contribution < 1.29 is 4.42 Å². The number of benzene rings is 1. The maximum Gasteiger partial charge on any atom is 0.419 e. The minimum absolute atomic E-state index is 0.210. The Kier molecular flexibility index (Phi) is 1.45. The number of hydrogen-bond acceptors (Lipinski definition) is 4. The average Bonchev–Trinajstić information content (AvgIpc) is 2.02. The van der Waals surface area contributed by atoms with Gasteiger partial charge in [0.15, 0.2) is 0 Å². The van der Waals surface area contributed by atoms with E-state index in [4.69, 9.17) is 5.73 Å². The summed E-state index contributed by atoms with van der Waals surface area (Å²) in [6, 6.07) is 4.80. The van der Waals surface area contributed by atoms with E-state index in [9.17, 15) is 9.59 Å². The van der Waals surface area contributed by atoms with E-state index in [1.807, 2.05) is 0 Å². The highest BCUT2D eigenvalue weighted by Crippen LogP contribution is 2.12. The minimum atomic E-state index is -0.775. The Morgan fingerprint density at radius 2 is 2.08 bits per heavy atom. The average molecular weight is 178 g/mol. The minimum Gasteiger partial charge on any atom is -0.398 e. The summed E-state index contributed by atoms with van der Waals surface area (Å²) in [7, 11) is 0. The van der Waals surface area contributed by atoms with E-state index in [-0.39, 0.29) is 5.39 Å². The summed E-state index contributed by atoms with van der Waals surface area (Å²) in [6.07, 6.45) is 0. The van der Waals surface area contributed by atoms with Crippen LogP contribution in [-0.4, -0.2) is 4.98 Å². The van der Waals surface area contributed by atoms with Crippen LogP contribution in [-0.2, 0) is 0 Å². The van der Waals surface area contributed by atoms with Crippen LogP contribution in [0.25, 0.3) is 10.9 Å². The molecule has 3 N–H and O–H groups in total. The SMILES string of the molecule is Nc1cccc2[nH]c(=O)oc(=O)c12. The molecule has 1 heterocycles. The predicted molar refractivity (Wildman–Crippen MR) is 47.5 cm³/mol. The van der Waals surface area contributed by atoms with Gasteiger partial charge in [0.1, 0.15) is 5.39 Å². The summed E-state index contributed by atoms with van der Waals surface area (Å²) in [6.45, 7) is 0. The zero-order valence-corrected chi connectivity index (χ0v) is 6.53. The first-order chi connectivity index (χ1) is 6.18. The molecule has 0 atom stereocenters. The molecule has 0 amide bonds. The lowest BCUT2D eigenvalue weighted by Gasteiger charge is -1.97. The third kappa shape index (κ3) is 1.10. The van der Waals surface area contributed by atoms with Crippen molar-refractivity contribution in [3.8, 4) is 0 Å². The molecule has 5 heteroatoms. The van der Waals surface area contributed by atoms with Gasteiger partial charge in [0, 0.05) is 5.69 Å². The molecule has 0 saturated carbocycles. The number of nitrogens with two attached hydrogens (primary N) is 1. The number of aromatic amines is 1. The largest absolute Gasteiger partial charge is 0.419 e. The van der Waals surface area contributed by atoms with E-state index >= 15 is 0 Å². The fourth-order valence-corrected chi connectivity index (χ4v) is 1.17. The molecular formula is C8H6N2O3. The van der Waals surface area contributed by atoms with Crippen LogP contribution < -0.4 is 17.1 Å². The molecule has 0 aliphatic carbocycles. The summed E-state index contributed by atoms with van der Waals surface area (Å²) >= 11 is 0. The van der Waals surface area contributed by atoms with Gasteiger partial charge < -0.3 is 10.2 Å². The van der Waals surface area contributed by atoms with Crippen LogP contribution in [0.1, 0.15) is 0 Å². The summed E-state index contributed by atoms with van der Waals surface area (Å²) in [5.41, 5.74) is 5.50. The highest BCUT2D eigenvalue weighted by Gasteiger charge is 2.04. The second-order valence-electron chi connectivity index (χ2n) is 2.57. The second-order valence-corrected chi connectivity index (χ2v) is 2.57. The number of nitrogen functional groups attached to an aromatic ring is 1. The van der Waals surface area contributed by atoms with E-state index in [2.05, 4.69) is 9.40 Å². The van der Waals surface area contributed by atoms with E-state index in [0.29, 0.717) is 11.2 Å². The fourth-order valence-electron chi connectivity index (χ4n) is 1.17. The molecule has 1 aromatic carbocycles. The molecule has 0 aliphatic heterocycles. The van der Waals surface area contributed by atoms with E-state index in [1.54, 1.807) is 18.2 Å². The summed E-state index contributed by atoms with van der Waals surface area (Å²) in [5, 5.41) is 0.210. The summed E-state index contributed by atoms with van der Waals surface area (Å²) in [5.74, 6) is -0.775. The first kappa shape index (κ1) is 7.60. The molecular weight excluding hydrogens is 172 g/mol. The van der Waals surface area contributed by atoms with Gasteiger partial charge in [0.05, 0.1) is 5.52 Å². The third-order valence-electron chi connectivity index (χ3n) is 1.72. The van der Waals surface area contributed by atoms with Crippen molar-refractivity contribution in [1.82, 2.24) is 4.98 Å². The molecule has 0 radical (unpaired) electrons. The molecule has 0 saturated heterocycles. The van der Waals surface area contributed by atoms with E-state index in [1.165, 1.54) is 0 Å². The van der Waals surface area contributed by atoms with Crippen molar-refractivity contribution in [2.75, 3.05) is 5.73 Å². The number of H-pyrrole nitrogens is 1. The molecule has 1 aromatic heterocycles. The van der Waals surface area contributed by atoms with Gasteiger partial charge in [-0.3, -0.25) is 4.98 Å². The molecule has 66 valence electrons. The topological polar surface area (TPSA) is 89.1 Å². The summed E-state index contributed by atoms with van der Waals surface area (Å²) in [4.78, 5) is 24.3. The molecule has 2 rings (SSSR count). The van der Waals surface area contributed by atoms with Crippen molar-refractivity contribution >= 4 is 16.6 Å². The standard InChI is InChI=1S/C8H6N2O3/c9-4-2-1-3-5-6(4)7(11)13-8(12)10-5/h1-3H,9H2,(H,10,12). The van der Waals surface area contributed by atoms with Crippen LogP contribution in [0.5, 0.6) is 0 Å². The summed E-state index contributed by atoms with van der Waals surface area (Å²) < 4.78 is 4.32. The molecule has 2 aromatic rings. The first-order valence-electron chi connectivity index (χ1n) is 3.60. The Morgan fingerprint density at radius 3 is 2.85 bits per heavy atom. The lowest BCUT2D eigenvalue weighted by Crippen LogP contribution is -2.15. The van der Waals surface area contributed by atoms with Gasteiger partial charge in [-0.25, -0.2) is 9.59 Å². The van der Waals surface area contributed by atoms with Crippen molar-refractivity contribution in [1.29, 1.82) is 0 Å². The molecule has 0 bridgehead atoms. The van der Waals surface area contributed by atoms with Crippen molar-refractivity contribution in [2.24, 2.45) is 0 Å². The predicted octanol–water partition coefficient (Wildman–Crippen LogP) is 0.0635. The van der Waals surface area contributed by atoms with Gasteiger partial charge in [0.2, 0.25) is 0 Å². The highest BCUT2D eigenvalue weighted by atomic mass is 16.4. The lowest BCUT2D eigenvalue weighted by atomic mass is 10.2. The second kappa shape index (κ2) is 2.48. The Balaban J connectivity index is 3.12. The Morgan fingerprint density at radius 1 is 1.31 bits per heavy atom. The smallest absolute Gasteiger partial charge is 0.398 e. The van der Waals surface area contributed by atoms with Crippen LogP contribution in [0, 0.1) is 0 Å². The number of hydrogen-bond donors (Lipinski definition) is 2. The Labute approximate surface area is 71.8 Å². The lowest BCUT2D eigenvalue weighted by molar-refractivity contribution is 0.460. The number of anilines is 1. The van der Waals surface area contributed by atoms with Crippen LogP contribution >= 0.6 is 0 Å². The monoisotopic (exact) mass is 178 g/mol. The first-order valence-corrected chi connectivity index (χ1v) is 3.60. The van der Waals surface area contributed by atoms with E-state index in [0.717, 1.165) is 0 Å². The van der Waals surface area contributed by atoms with Gasteiger partial charge in [-0.1, -0.05) is 6.07 Å². The van der Waals surface area contributed by atoms with Crippen molar-refractivity contribution in [2.45, 2.75) is 0 Å². The quantitative estimate of drug-likeness (QED) is 0.558. The van der Waals surface area contributed by atoms with Crippen LogP contribution in [0.15, 0.2) is 32.2 Å². The van der Waals surface area contributed by atoms with Crippen LogP contribution in [0.2, 0.25) is 0 Å². The van der Waals surface area contributed by atoms with E-state index < -0.39 is 11.4 Å². The van der Waals surface area contributed by atoms with Gasteiger partial charge in [0.25, 0.3) is 0 Å². The molecule has 13 heavy (non-hydrogen) atoms. The van der Waals surface area contributed by atoms with Gasteiger partial charge in [-0.15, -0.1) is 0 Å². The number of rotatable bonds is 0. The number of fused-ring (bicyclic) bond motifs is 1. The van der Waals surface area contributed by atoms with Crippen molar-refractivity contribution in [3.05, 3.63) is 39.2 Å². The molecule has 0 aliphatic rings. The van der Waals surface area contributed by atoms with Gasteiger partial charge in [-0.05, 0) is 12.1 Å². The molecule has 5 nitrogen and oxygen atoms in total. The molecule has 0 unspecified atom stereocenters. The van der Waals surface area contributed by atoms with Gasteiger partial charge >= 0.3 is 11.4 Å². The molecule has 0 fully saturated rings. The number of aromatic nitrogens is 1. The van der Waals surface area contributed by atoms with Crippen LogP contribution in [0.4, 0.5) is 5.69 Å². The Hall–Kier alpha value is -2.04. The normalized spacial score (nSPS) is 10.5. The highest BCUT2D eigenvalue weighted by molar-refractivity contribution is 5.88. The van der Waals surface area contributed by atoms with Gasteiger partial charge in [-0.2, -0.15) is 0 Å². The zero-order valence-electron chi connectivity index (χ0n) is 6.53. The number of nitrogens with one attached hydrogen (secondary N) is 1. The zero-order chi connectivity index (χ0) is 9.42. The maximum absolute atomic E-state index is 11.2. The molecule has 0 spiro atoms.